The lowest BCUT2D eigenvalue weighted by molar-refractivity contribution is -0.132. The van der Waals surface area contributed by atoms with Crippen LogP contribution in [0, 0.1) is 5.82 Å². The molecule has 0 aliphatic carbocycles. The highest BCUT2D eigenvalue weighted by atomic mass is 35.5. The number of sulfone groups is 1. The summed E-state index contributed by atoms with van der Waals surface area (Å²) in [5.74, 6) is -0.228. The summed E-state index contributed by atoms with van der Waals surface area (Å²) in [6.07, 6.45) is 2.62. The van der Waals surface area contributed by atoms with Gasteiger partial charge in [0.1, 0.15) is 17.3 Å². The van der Waals surface area contributed by atoms with Crippen molar-refractivity contribution in [1.29, 1.82) is 0 Å². The minimum Gasteiger partial charge on any atom is -0.468 e. The average molecular weight is 414 g/mol. The predicted molar refractivity (Wildman–Crippen MR) is 101 cm³/mol. The average Bonchev–Trinajstić information content (AvgIpc) is 3.13. The third kappa shape index (κ3) is 4.90. The Bertz CT molecular complexity index is 870. The molecule has 0 saturated carbocycles. The van der Waals surface area contributed by atoms with Crippen LogP contribution in [0.4, 0.5) is 4.39 Å². The van der Waals surface area contributed by atoms with Gasteiger partial charge in [-0.15, -0.1) is 0 Å². The van der Waals surface area contributed by atoms with Crippen LogP contribution in [0.25, 0.3) is 0 Å². The highest BCUT2D eigenvalue weighted by molar-refractivity contribution is 7.91. The molecule has 1 aliphatic heterocycles. The Kier molecular flexibility index (Phi) is 6.22. The molecule has 0 unspecified atom stereocenters. The van der Waals surface area contributed by atoms with Crippen LogP contribution >= 0.6 is 11.6 Å². The zero-order chi connectivity index (χ0) is 19.4. The second-order valence-corrected chi connectivity index (χ2v) is 9.36. The summed E-state index contributed by atoms with van der Waals surface area (Å²) in [5.41, 5.74) is 0.337. The maximum absolute atomic E-state index is 13.8. The van der Waals surface area contributed by atoms with Gasteiger partial charge in [-0.05, 0) is 43.5 Å². The van der Waals surface area contributed by atoms with Crippen LogP contribution in [0.2, 0.25) is 5.02 Å². The van der Waals surface area contributed by atoms with Crippen molar-refractivity contribution in [3.8, 4) is 0 Å². The van der Waals surface area contributed by atoms with E-state index in [0.29, 0.717) is 42.3 Å². The highest BCUT2D eigenvalue weighted by Gasteiger charge is 2.32. The number of benzene rings is 1. The van der Waals surface area contributed by atoms with Crippen molar-refractivity contribution in [3.63, 3.8) is 0 Å². The number of hydrogen-bond acceptors (Lipinski definition) is 4. The van der Waals surface area contributed by atoms with Gasteiger partial charge in [0.15, 0.2) is 9.84 Å². The normalized spacial score (nSPS) is 15.9. The lowest BCUT2D eigenvalue weighted by Crippen LogP contribution is -2.42. The van der Waals surface area contributed by atoms with E-state index in [1.54, 1.807) is 23.1 Å². The lowest BCUT2D eigenvalue weighted by Gasteiger charge is -2.31. The van der Waals surface area contributed by atoms with E-state index in [-0.39, 0.29) is 24.5 Å². The quantitative estimate of drug-likeness (QED) is 0.725. The van der Waals surface area contributed by atoms with Crippen LogP contribution in [-0.2, 0) is 26.8 Å². The van der Waals surface area contributed by atoms with Crippen LogP contribution in [0.3, 0.4) is 0 Å². The number of nitrogens with zero attached hydrogens (tertiary/aromatic N) is 1. The zero-order valence-electron chi connectivity index (χ0n) is 14.7. The maximum Gasteiger partial charge on any atom is 0.222 e. The molecule has 3 rings (SSSR count). The van der Waals surface area contributed by atoms with E-state index in [0.717, 1.165) is 0 Å². The molecule has 1 aliphatic rings. The third-order valence-electron chi connectivity index (χ3n) is 4.88. The summed E-state index contributed by atoms with van der Waals surface area (Å²) >= 11 is 5.99. The van der Waals surface area contributed by atoms with Gasteiger partial charge in [0.05, 0.1) is 11.5 Å². The molecule has 0 radical (unpaired) electrons. The monoisotopic (exact) mass is 413 g/mol. The second-order valence-electron chi connectivity index (χ2n) is 6.67. The Labute approximate surface area is 163 Å². The van der Waals surface area contributed by atoms with Crippen LogP contribution < -0.4 is 0 Å². The first kappa shape index (κ1) is 19.9. The first-order chi connectivity index (χ1) is 12.9. The Morgan fingerprint density at radius 1 is 1.22 bits per heavy atom. The summed E-state index contributed by atoms with van der Waals surface area (Å²) in [5, 5.41) is -0.168. The molecule has 27 heavy (non-hydrogen) atoms. The second kappa shape index (κ2) is 8.44. The van der Waals surface area contributed by atoms with Gasteiger partial charge >= 0.3 is 0 Å². The molecule has 5 nitrogen and oxygen atoms in total. The van der Waals surface area contributed by atoms with Gasteiger partial charge in [0, 0.05) is 30.1 Å². The first-order valence-corrected chi connectivity index (χ1v) is 10.9. The van der Waals surface area contributed by atoms with Crippen LogP contribution in [0.1, 0.15) is 30.6 Å². The number of carbonyl (C=O) groups excluding carboxylic acids is 1. The topological polar surface area (TPSA) is 67.6 Å². The molecule has 1 aromatic carbocycles. The van der Waals surface area contributed by atoms with Gasteiger partial charge in [-0.1, -0.05) is 17.7 Å². The Morgan fingerprint density at radius 3 is 2.59 bits per heavy atom. The number of halogens is 2. The summed E-state index contributed by atoms with van der Waals surface area (Å²) in [6.45, 7) is 0.762. The number of rotatable bonds is 6. The molecular formula is C19H21ClFNO4S. The fourth-order valence-corrected chi connectivity index (χ4v) is 5.32. The molecule has 0 atom stereocenters. The van der Waals surface area contributed by atoms with E-state index in [2.05, 4.69) is 0 Å². The van der Waals surface area contributed by atoms with Crippen molar-refractivity contribution in [2.24, 2.45) is 0 Å². The molecule has 2 aromatic rings. The van der Waals surface area contributed by atoms with E-state index in [1.165, 1.54) is 18.4 Å². The summed E-state index contributed by atoms with van der Waals surface area (Å²) in [7, 11) is -3.32. The summed E-state index contributed by atoms with van der Waals surface area (Å²) in [6, 6.07) is 7.75. The number of furan rings is 1. The van der Waals surface area contributed by atoms with Gasteiger partial charge in [0.25, 0.3) is 0 Å². The van der Waals surface area contributed by atoms with Crippen LogP contribution in [0.15, 0.2) is 41.0 Å². The number of hydrogen-bond donors (Lipinski definition) is 0. The van der Waals surface area contributed by atoms with E-state index in [1.807, 2.05) is 0 Å². The van der Waals surface area contributed by atoms with Crippen molar-refractivity contribution < 1.29 is 22.0 Å². The minimum absolute atomic E-state index is 0.115. The fourth-order valence-electron chi connectivity index (χ4n) is 3.34. The zero-order valence-corrected chi connectivity index (χ0v) is 16.3. The van der Waals surface area contributed by atoms with E-state index < -0.39 is 20.9 Å². The number of piperidine rings is 1. The molecular weight excluding hydrogens is 393 g/mol. The van der Waals surface area contributed by atoms with E-state index >= 15 is 0 Å². The van der Waals surface area contributed by atoms with Crippen molar-refractivity contribution in [3.05, 3.63) is 58.8 Å². The maximum atomic E-state index is 13.8. The van der Waals surface area contributed by atoms with Crippen molar-refractivity contribution in [2.45, 2.75) is 36.7 Å². The van der Waals surface area contributed by atoms with E-state index in [4.69, 9.17) is 16.0 Å². The van der Waals surface area contributed by atoms with Crippen molar-refractivity contribution in [1.82, 2.24) is 4.90 Å². The van der Waals surface area contributed by atoms with Gasteiger partial charge < -0.3 is 9.32 Å². The van der Waals surface area contributed by atoms with Gasteiger partial charge in [-0.2, -0.15) is 0 Å². The highest BCUT2D eigenvalue weighted by Crippen LogP contribution is 2.24. The molecule has 0 N–H and O–H groups in total. The molecule has 1 saturated heterocycles. The fraction of sp³-hybridized carbons (Fsp3) is 0.421. The molecule has 1 amide bonds. The van der Waals surface area contributed by atoms with E-state index in [9.17, 15) is 17.6 Å². The number of amides is 1. The largest absolute Gasteiger partial charge is 0.468 e. The molecule has 1 fully saturated rings. The van der Waals surface area contributed by atoms with Gasteiger partial charge in [0.2, 0.25) is 5.91 Å². The van der Waals surface area contributed by atoms with Gasteiger partial charge in [-0.3, -0.25) is 4.79 Å². The van der Waals surface area contributed by atoms with Crippen LogP contribution in [0.5, 0.6) is 0 Å². The number of likely N-dealkylation sites (tertiary alicyclic amines) is 1. The molecule has 0 spiro atoms. The molecule has 1 aromatic heterocycles. The number of carbonyl (C=O) groups is 1. The molecule has 146 valence electrons. The molecule has 8 heteroatoms. The lowest BCUT2D eigenvalue weighted by atomic mass is 10.1. The SMILES string of the molecule is O=C(CCc1c(F)cccc1Cl)N1CCC(S(=O)(=O)Cc2ccco2)CC1. The third-order valence-corrected chi connectivity index (χ3v) is 7.40. The Balaban J connectivity index is 1.52. The Hall–Kier alpha value is -1.86. The Morgan fingerprint density at radius 2 is 1.96 bits per heavy atom. The molecule has 0 bridgehead atoms. The first-order valence-electron chi connectivity index (χ1n) is 8.81. The van der Waals surface area contributed by atoms with Crippen LogP contribution in [-0.4, -0.2) is 37.6 Å². The summed E-state index contributed by atoms with van der Waals surface area (Å²) in [4.78, 5) is 14.0. The van der Waals surface area contributed by atoms with Crippen molar-refractivity contribution >= 4 is 27.3 Å². The smallest absolute Gasteiger partial charge is 0.222 e. The molecule has 2 heterocycles. The van der Waals surface area contributed by atoms with Crippen molar-refractivity contribution in [2.75, 3.05) is 13.1 Å². The van der Waals surface area contributed by atoms with Gasteiger partial charge in [-0.25, -0.2) is 12.8 Å². The minimum atomic E-state index is -3.32. The summed E-state index contributed by atoms with van der Waals surface area (Å²) < 4.78 is 43.9. The predicted octanol–water partition coefficient (Wildman–Crippen LogP) is 3.61. The standard InChI is InChI=1S/C19H21ClFNO4S/c20-17-4-1-5-18(21)16(17)6-7-19(23)22-10-8-15(9-11-22)27(24,25)13-14-3-2-12-26-14/h1-5,12,15H,6-11,13H2.